The summed E-state index contributed by atoms with van der Waals surface area (Å²) in [6, 6.07) is 1.59. The third kappa shape index (κ3) is 6.21. The molecule has 260 valence electrons. The first-order chi connectivity index (χ1) is 19.5. The van der Waals surface area contributed by atoms with Crippen molar-refractivity contribution in [1.82, 2.24) is 5.23 Å². The number of hydrogen-bond acceptors (Lipinski definition) is 8. The molecule has 1 aromatic rings. The molecule has 1 rings (SSSR count). The van der Waals surface area contributed by atoms with Gasteiger partial charge < -0.3 is 0 Å². The van der Waals surface area contributed by atoms with Crippen molar-refractivity contribution in [3.63, 3.8) is 0 Å². The van der Waals surface area contributed by atoms with Gasteiger partial charge in [-0.2, -0.15) is 95.9 Å². The molecular formula is C16H5F18NO8S2. The summed E-state index contributed by atoms with van der Waals surface area (Å²) in [6.07, 6.45) is -16.1. The van der Waals surface area contributed by atoms with E-state index in [9.17, 15) is 105 Å². The summed E-state index contributed by atoms with van der Waals surface area (Å²) in [5.74, 6) is -36.0. The van der Waals surface area contributed by atoms with E-state index in [2.05, 4.69) is 8.57 Å². The molecule has 0 saturated carbocycles. The van der Waals surface area contributed by atoms with Gasteiger partial charge in [0.15, 0.2) is 6.29 Å². The number of hydroxylamine groups is 2. The Morgan fingerprint density at radius 1 is 0.578 bits per heavy atom. The topological polar surface area (TPSA) is 124 Å². The highest BCUT2D eigenvalue weighted by molar-refractivity contribution is 7.88. The molecule has 0 heterocycles. The molecule has 0 fully saturated rings. The number of rotatable bonds is 12. The summed E-state index contributed by atoms with van der Waals surface area (Å²) in [5.41, 5.74) is -3.12. The van der Waals surface area contributed by atoms with E-state index in [1.54, 1.807) is 0 Å². The molecule has 0 aliphatic carbocycles. The predicted molar refractivity (Wildman–Crippen MR) is 99.8 cm³/mol. The lowest BCUT2D eigenvalue weighted by Crippen LogP contribution is -2.65. The molecular weight excluding hydrogens is 740 g/mol. The molecule has 0 N–H and O–H groups in total. The van der Waals surface area contributed by atoms with Crippen LogP contribution in [0.4, 0.5) is 79.0 Å². The number of amides is 1. The van der Waals surface area contributed by atoms with E-state index in [1.165, 1.54) is 0 Å². The minimum atomic E-state index is -8.63. The zero-order valence-electron chi connectivity index (χ0n) is 19.7. The van der Waals surface area contributed by atoms with Crippen LogP contribution in [0.1, 0.15) is 20.7 Å². The SMILES string of the molecule is O=Cc1ccccc1C(=O)N(OS(=O)(=O)C(F)(F)C(F)(F)C(F)(F)C(F)(F)F)OS(=O)(=O)C(F)(F)C(F)(F)C(F)(F)C(F)(F)F. The van der Waals surface area contributed by atoms with Crippen molar-refractivity contribution in [2.24, 2.45) is 0 Å². The zero-order chi connectivity index (χ0) is 36.3. The van der Waals surface area contributed by atoms with Gasteiger partial charge in [-0.15, -0.1) is 8.57 Å². The number of aldehydes is 1. The van der Waals surface area contributed by atoms with Crippen LogP contribution in [0.25, 0.3) is 0 Å². The lowest BCUT2D eigenvalue weighted by Gasteiger charge is -2.34. The monoisotopic (exact) mass is 745 g/mol. The normalized spacial score (nSPS) is 15.2. The smallest absolute Gasteiger partial charge is 0.298 e. The van der Waals surface area contributed by atoms with Crippen molar-refractivity contribution in [3.8, 4) is 0 Å². The number of halogens is 18. The largest absolute Gasteiger partial charge is 0.460 e. The molecule has 29 heteroatoms. The summed E-state index contributed by atoms with van der Waals surface area (Å²) in [5, 5.41) is -19.0. The van der Waals surface area contributed by atoms with Crippen LogP contribution in [0.5, 0.6) is 0 Å². The Morgan fingerprint density at radius 3 is 1.18 bits per heavy atom. The van der Waals surface area contributed by atoms with Crippen molar-refractivity contribution in [1.29, 1.82) is 0 Å². The second-order valence-electron chi connectivity index (χ2n) is 7.65. The Balaban J connectivity index is 3.96. The fourth-order valence-corrected chi connectivity index (χ4v) is 3.94. The van der Waals surface area contributed by atoms with Crippen LogP contribution in [0.3, 0.4) is 0 Å². The predicted octanol–water partition coefficient (Wildman–Crippen LogP) is 5.32. The first-order valence-electron chi connectivity index (χ1n) is 9.70. The molecule has 45 heavy (non-hydrogen) atoms. The summed E-state index contributed by atoms with van der Waals surface area (Å²) >= 11 is 0. The van der Waals surface area contributed by atoms with Gasteiger partial charge in [-0.1, -0.05) is 18.2 Å². The minimum absolute atomic E-state index is 0.0557. The van der Waals surface area contributed by atoms with Crippen LogP contribution in [-0.2, 0) is 28.8 Å². The van der Waals surface area contributed by atoms with Crippen LogP contribution in [0.15, 0.2) is 24.3 Å². The maximum atomic E-state index is 14.0. The van der Waals surface area contributed by atoms with Crippen molar-refractivity contribution >= 4 is 32.4 Å². The molecule has 0 radical (unpaired) electrons. The first kappa shape index (κ1) is 39.9. The van der Waals surface area contributed by atoms with E-state index in [0.717, 1.165) is 0 Å². The molecule has 9 nitrogen and oxygen atoms in total. The Labute approximate surface area is 234 Å². The summed E-state index contributed by atoms with van der Waals surface area (Å²) < 4.78 is 288. The van der Waals surface area contributed by atoms with Crippen molar-refractivity contribution in [2.75, 3.05) is 0 Å². The fourth-order valence-electron chi connectivity index (χ4n) is 2.28. The van der Waals surface area contributed by atoms with Gasteiger partial charge in [0.05, 0.1) is 5.56 Å². The highest BCUT2D eigenvalue weighted by Crippen LogP contribution is 2.56. The molecule has 0 aliphatic heterocycles. The van der Waals surface area contributed by atoms with E-state index >= 15 is 0 Å². The minimum Gasteiger partial charge on any atom is -0.298 e. The Hall–Kier alpha value is -3.08. The maximum Gasteiger partial charge on any atom is 0.460 e. The lowest BCUT2D eigenvalue weighted by atomic mass is 10.1. The molecule has 0 saturated heterocycles. The molecule has 0 bridgehead atoms. The summed E-state index contributed by atoms with van der Waals surface area (Å²) in [7, 11) is -17.3. The number of carbonyl (C=O) groups is 2. The van der Waals surface area contributed by atoms with Crippen molar-refractivity contribution < 1.29 is 114 Å². The number of carbonyl (C=O) groups excluding carboxylic acids is 2. The molecule has 1 aromatic carbocycles. The average molecular weight is 745 g/mol. The van der Waals surface area contributed by atoms with Gasteiger partial charge >= 0.3 is 72.7 Å². The second kappa shape index (κ2) is 11.3. The molecule has 0 aliphatic rings. The second-order valence-corrected chi connectivity index (χ2v) is 10.8. The van der Waals surface area contributed by atoms with Gasteiger partial charge in [-0.05, 0) is 11.3 Å². The molecule has 1 amide bonds. The number of alkyl halides is 18. The fraction of sp³-hybridized carbons (Fsp3) is 0.500. The molecule has 0 spiro atoms. The summed E-state index contributed by atoms with van der Waals surface area (Å²) in [6.45, 7) is 0. The van der Waals surface area contributed by atoms with Gasteiger partial charge in [-0.25, -0.2) is 0 Å². The molecule has 0 atom stereocenters. The highest BCUT2D eigenvalue weighted by Gasteiger charge is 2.87. The van der Waals surface area contributed by atoms with Gasteiger partial charge in [0.2, 0.25) is 0 Å². The van der Waals surface area contributed by atoms with Crippen molar-refractivity contribution in [2.45, 2.75) is 46.6 Å². The average Bonchev–Trinajstić information content (AvgIpc) is 2.85. The van der Waals surface area contributed by atoms with Crippen LogP contribution in [-0.4, -0.2) is 80.8 Å². The maximum absolute atomic E-state index is 14.0. The third-order valence-electron chi connectivity index (χ3n) is 4.68. The first-order valence-corrected chi connectivity index (χ1v) is 12.5. The van der Waals surface area contributed by atoms with E-state index in [1.807, 2.05) is 0 Å². The third-order valence-corrected chi connectivity index (χ3v) is 7.11. The number of benzene rings is 1. The van der Waals surface area contributed by atoms with E-state index < -0.39 is 95.3 Å². The highest BCUT2D eigenvalue weighted by atomic mass is 32.2. The lowest BCUT2D eigenvalue weighted by molar-refractivity contribution is -0.385. The zero-order valence-corrected chi connectivity index (χ0v) is 21.4. The van der Waals surface area contributed by atoms with Gasteiger partial charge in [0, 0.05) is 5.56 Å². The number of hydrogen-bond donors (Lipinski definition) is 0. The van der Waals surface area contributed by atoms with E-state index in [0.29, 0.717) is 18.2 Å². The Bertz CT molecular complexity index is 1440. The Morgan fingerprint density at radius 2 is 0.889 bits per heavy atom. The quantitative estimate of drug-likeness (QED) is 0.160. The standard InChI is InChI=1S/C16H5F18NO8S2/c17-9(18,13(25,26)27)11(21,22)15(31,32)44(38,39)42-35(8(37)7-4-2-1-3-6(7)5-36)43-45(40,41)16(33,34)12(23,24)10(19,20)14(28,29)30/h1-5H. The molecule has 0 aromatic heterocycles. The van der Waals surface area contributed by atoms with Gasteiger partial charge in [-0.3, -0.25) is 9.59 Å². The van der Waals surface area contributed by atoms with Crippen LogP contribution >= 0.6 is 0 Å². The van der Waals surface area contributed by atoms with Gasteiger partial charge in [0.25, 0.3) is 0 Å². The van der Waals surface area contributed by atoms with Gasteiger partial charge in [0.1, 0.15) is 0 Å². The van der Waals surface area contributed by atoms with E-state index in [-0.39, 0.29) is 6.07 Å². The molecule has 0 unspecified atom stereocenters. The van der Waals surface area contributed by atoms with Crippen LogP contribution in [0.2, 0.25) is 0 Å². The Kier molecular flexibility index (Phi) is 10.0. The summed E-state index contributed by atoms with van der Waals surface area (Å²) in [4.78, 5) is 23.4. The van der Waals surface area contributed by atoms with Crippen LogP contribution < -0.4 is 0 Å². The van der Waals surface area contributed by atoms with E-state index in [4.69, 9.17) is 0 Å². The number of nitrogens with zero attached hydrogens (tertiary/aromatic N) is 1. The van der Waals surface area contributed by atoms with Crippen molar-refractivity contribution in [3.05, 3.63) is 35.4 Å². The van der Waals surface area contributed by atoms with Crippen LogP contribution in [0, 0.1) is 0 Å².